The number of allylic oxidation sites excluding steroid dienone is 2. The fourth-order valence-electron chi connectivity index (χ4n) is 4.09. The molecule has 24 heavy (non-hydrogen) atoms. The zero-order valence-electron chi connectivity index (χ0n) is 14.5. The molecule has 0 amide bonds. The van der Waals surface area contributed by atoms with Gasteiger partial charge in [0.2, 0.25) is 0 Å². The third kappa shape index (κ3) is 2.79. The van der Waals surface area contributed by atoms with E-state index < -0.39 is 0 Å². The van der Waals surface area contributed by atoms with E-state index in [-0.39, 0.29) is 5.41 Å². The van der Waals surface area contributed by atoms with Crippen LogP contribution in [0, 0.1) is 9.49 Å². The Bertz CT molecular complexity index is 783. The summed E-state index contributed by atoms with van der Waals surface area (Å²) in [6, 6.07) is 16.4. The summed E-state index contributed by atoms with van der Waals surface area (Å²) in [5.41, 5.74) is 5.78. The Kier molecular flexibility index (Phi) is 3.98. The van der Waals surface area contributed by atoms with E-state index >= 15 is 0 Å². The molecule has 2 heteroatoms. The van der Waals surface area contributed by atoms with Gasteiger partial charge in [-0.3, -0.25) is 0 Å². The van der Waals surface area contributed by atoms with E-state index in [0.717, 1.165) is 6.42 Å². The summed E-state index contributed by atoms with van der Waals surface area (Å²) in [5.74, 6) is 1.17. The van der Waals surface area contributed by atoms with E-state index in [2.05, 4.69) is 103 Å². The van der Waals surface area contributed by atoms with Crippen LogP contribution < -0.4 is 5.32 Å². The number of anilines is 1. The summed E-state index contributed by atoms with van der Waals surface area (Å²) < 4.78 is 1.32. The van der Waals surface area contributed by atoms with Gasteiger partial charge in [-0.15, -0.1) is 0 Å². The van der Waals surface area contributed by atoms with Crippen LogP contribution in [0.1, 0.15) is 55.8 Å². The van der Waals surface area contributed by atoms with E-state index in [4.69, 9.17) is 0 Å². The van der Waals surface area contributed by atoms with Gasteiger partial charge in [-0.1, -0.05) is 57.2 Å². The second-order valence-electron chi connectivity index (χ2n) is 8.08. The molecule has 0 radical (unpaired) electrons. The van der Waals surface area contributed by atoms with E-state index in [1.165, 1.54) is 25.9 Å². The Hall–Kier alpha value is -1.29. The highest BCUT2D eigenvalue weighted by atomic mass is 127. The summed E-state index contributed by atoms with van der Waals surface area (Å²) in [6.07, 6.45) is 5.94. The molecule has 0 aromatic heterocycles. The smallest absolute Gasteiger partial charge is 0.0553 e. The standard InChI is InChI=1S/C22H24IN/c1-22(2,3)15-9-7-14(8-10-15)21-18-6-4-5-17(18)19-13-16(23)11-12-20(19)24-21/h4-5,7-13,17-18,21,24H,6H2,1-3H3/t17-,18+,21-/m0/s1. The first-order valence-corrected chi connectivity index (χ1v) is 9.84. The molecule has 1 heterocycles. The zero-order chi connectivity index (χ0) is 16.9. The van der Waals surface area contributed by atoms with Gasteiger partial charge in [0.25, 0.3) is 0 Å². The predicted octanol–water partition coefficient (Wildman–Crippen LogP) is 6.42. The molecule has 3 atom stereocenters. The average molecular weight is 429 g/mol. The normalized spacial score (nSPS) is 25.1. The van der Waals surface area contributed by atoms with Gasteiger partial charge >= 0.3 is 0 Å². The quantitative estimate of drug-likeness (QED) is 0.408. The summed E-state index contributed by atoms with van der Waals surface area (Å²) >= 11 is 2.42. The summed E-state index contributed by atoms with van der Waals surface area (Å²) in [4.78, 5) is 0. The Balaban J connectivity index is 1.71. The lowest BCUT2D eigenvalue weighted by Gasteiger charge is -2.37. The minimum absolute atomic E-state index is 0.208. The monoisotopic (exact) mass is 429 g/mol. The van der Waals surface area contributed by atoms with Gasteiger partial charge in [0, 0.05) is 15.2 Å². The number of halogens is 1. The van der Waals surface area contributed by atoms with Crippen molar-refractivity contribution in [2.75, 3.05) is 5.32 Å². The van der Waals surface area contributed by atoms with Gasteiger partial charge in [0.05, 0.1) is 6.04 Å². The third-order valence-electron chi connectivity index (χ3n) is 5.46. The number of nitrogens with one attached hydrogen (secondary N) is 1. The first-order valence-electron chi connectivity index (χ1n) is 8.76. The number of benzene rings is 2. The molecule has 2 aromatic rings. The number of hydrogen-bond acceptors (Lipinski definition) is 1. The van der Waals surface area contributed by atoms with Crippen molar-refractivity contribution in [1.82, 2.24) is 0 Å². The molecule has 4 rings (SSSR count). The van der Waals surface area contributed by atoms with Crippen molar-refractivity contribution in [3.05, 3.63) is 74.9 Å². The fraction of sp³-hybridized carbons (Fsp3) is 0.364. The third-order valence-corrected chi connectivity index (χ3v) is 6.13. The summed E-state index contributed by atoms with van der Waals surface area (Å²) in [6.45, 7) is 6.82. The van der Waals surface area contributed by atoms with Crippen LogP contribution in [0.5, 0.6) is 0 Å². The highest BCUT2D eigenvalue weighted by Crippen LogP contribution is 2.50. The predicted molar refractivity (Wildman–Crippen MR) is 111 cm³/mol. The Morgan fingerprint density at radius 3 is 2.50 bits per heavy atom. The van der Waals surface area contributed by atoms with Crippen molar-refractivity contribution in [3.8, 4) is 0 Å². The molecular formula is C22H24IN. The van der Waals surface area contributed by atoms with Crippen molar-refractivity contribution < 1.29 is 0 Å². The number of hydrogen-bond donors (Lipinski definition) is 1. The van der Waals surface area contributed by atoms with Crippen LogP contribution in [0.3, 0.4) is 0 Å². The topological polar surface area (TPSA) is 12.0 Å². The lowest BCUT2D eigenvalue weighted by Crippen LogP contribution is -2.29. The molecule has 1 aliphatic heterocycles. The molecule has 1 nitrogen and oxygen atoms in total. The molecular weight excluding hydrogens is 405 g/mol. The molecule has 1 aliphatic carbocycles. The molecule has 0 saturated heterocycles. The van der Waals surface area contributed by atoms with Crippen LogP contribution in [-0.2, 0) is 5.41 Å². The molecule has 1 N–H and O–H groups in total. The molecule has 0 spiro atoms. The summed E-state index contributed by atoms with van der Waals surface area (Å²) in [5, 5.41) is 3.83. The largest absolute Gasteiger partial charge is 0.378 e. The van der Waals surface area contributed by atoms with Crippen molar-refractivity contribution in [2.45, 2.75) is 44.6 Å². The minimum Gasteiger partial charge on any atom is -0.378 e. The van der Waals surface area contributed by atoms with E-state index in [9.17, 15) is 0 Å². The van der Waals surface area contributed by atoms with Gasteiger partial charge in [0.1, 0.15) is 0 Å². The van der Waals surface area contributed by atoms with Gasteiger partial charge in [-0.2, -0.15) is 0 Å². The molecule has 0 fully saturated rings. The van der Waals surface area contributed by atoms with Crippen LogP contribution in [0.15, 0.2) is 54.6 Å². The highest BCUT2D eigenvalue weighted by Gasteiger charge is 2.37. The first-order chi connectivity index (χ1) is 11.4. The Morgan fingerprint density at radius 2 is 1.79 bits per heavy atom. The second-order valence-corrected chi connectivity index (χ2v) is 9.32. The lowest BCUT2D eigenvalue weighted by molar-refractivity contribution is 0.425. The van der Waals surface area contributed by atoms with Gasteiger partial charge in [0.15, 0.2) is 0 Å². The fourth-order valence-corrected chi connectivity index (χ4v) is 4.60. The maximum Gasteiger partial charge on any atom is 0.0553 e. The van der Waals surface area contributed by atoms with Crippen LogP contribution >= 0.6 is 22.6 Å². The lowest BCUT2D eigenvalue weighted by atomic mass is 9.76. The van der Waals surface area contributed by atoms with E-state index in [0.29, 0.717) is 17.9 Å². The van der Waals surface area contributed by atoms with Crippen LogP contribution in [0.4, 0.5) is 5.69 Å². The molecule has 0 unspecified atom stereocenters. The first kappa shape index (κ1) is 16.2. The van der Waals surface area contributed by atoms with Crippen LogP contribution in [-0.4, -0.2) is 0 Å². The second kappa shape index (κ2) is 5.91. The Labute approximate surface area is 158 Å². The van der Waals surface area contributed by atoms with Crippen molar-refractivity contribution in [1.29, 1.82) is 0 Å². The van der Waals surface area contributed by atoms with Gasteiger partial charge < -0.3 is 5.32 Å². The maximum atomic E-state index is 3.83. The average Bonchev–Trinajstić information content (AvgIpc) is 3.03. The summed E-state index contributed by atoms with van der Waals surface area (Å²) in [7, 11) is 0. The van der Waals surface area contributed by atoms with Gasteiger partial charge in [-0.25, -0.2) is 0 Å². The zero-order valence-corrected chi connectivity index (χ0v) is 16.7. The maximum absolute atomic E-state index is 3.83. The molecule has 2 aliphatic rings. The molecule has 0 bridgehead atoms. The van der Waals surface area contributed by atoms with Crippen molar-refractivity contribution in [2.24, 2.45) is 5.92 Å². The van der Waals surface area contributed by atoms with Crippen LogP contribution in [0.25, 0.3) is 0 Å². The molecule has 0 saturated carbocycles. The van der Waals surface area contributed by atoms with Gasteiger partial charge in [-0.05, 0) is 75.2 Å². The SMILES string of the molecule is CC(C)(C)c1ccc([C@@H]2Nc3ccc(I)cc3[C@H]3C=CC[C@H]32)cc1. The van der Waals surface area contributed by atoms with E-state index in [1.54, 1.807) is 0 Å². The number of rotatable bonds is 1. The number of fused-ring (bicyclic) bond motifs is 3. The molecule has 2 aromatic carbocycles. The van der Waals surface area contributed by atoms with E-state index in [1.807, 2.05) is 0 Å². The molecule has 124 valence electrons. The Morgan fingerprint density at radius 1 is 1.04 bits per heavy atom. The van der Waals surface area contributed by atoms with Crippen molar-refractivity contribution in [3.63, 3.8) is 0 Å². The van der Waals surface area contributed by atoms with Crippen molar-refractivity contribution >= 4 is 28.3 Å². The van der Waals surface area contributed by atoms with Crippen LogP contribution in [0.2, 0.25) is 0 Å². The highest BCUT2D eigenvalue weighted by molar-refractivity contribution is 14.1. The minimum atomic E-state index is 0.208.